The molecule has 8 nitrogen and oxygen atoms in total. The zero-order valence-electron chi connectivity index (χ0n) is 14.7. The normalized spacial score (nSPS) is 16.5. The van der Waals surface area contributed by atoms with Gasteiger partial charge in [0, 0.05) is 30.3 Å². The molecule has 4 rings (SSSR count). The zero-order valence-corrected chi connectivity index (χ0v) is 16.2. The fourth-order valence-corrected chi connectivity index (χ4v) is 3.53. The predicted octanol–water partition coefficient (Wildman–Crippen LogP) is 3.59. The third-order valence-corrected chi connectivity index (χ3v) is 5.20. The SMILES string of the molecule is COc1ncc(C(=O)Nc2c(Cl)c[nH]c(=O)c2Cl)c2cc(C3CCOC3)oc12. The number of anilines is 1. The molecule has 0 aliphatic carbocycles. The molecular weight excluding hydrogens is 409 g/mol. The van der Waals surface area contributed by atoms with Gasteiger partial charge < -0.3 is 24.2 Å². The van der Waals surface area contributed by atoms with Crippen LogP contribution >= 0.6 is 23.2 Å². The van der Waals surface area contributed by atoms with E-state index in [0.29, 0.717) is 29.9 Å². The molecule has 2 N–H and O–H groups in total. The summed E-state index contributed by atoms with van der Waals surface area (Å²) in [7, 11) is 1.47. The van der Waals surface area contributed by atoms with Crippen LogP contribution in [-0.2, 0) is 4.74 Å². The number of H-pyrrole nitrogens is 1. The van der Waals surface area contributed by atoms with Crippen LogP contribution in [0.2, 0.25) is 10.0 Å². The van der Waals surface area contributed by atoms with Gasteiger partial charge in [0.15, 0.2) is 5.58 Å². The Morgan fingerprint density at radius 3 is 2.96 bits per heavy atom. The van der Waals surface area contributed by atoms with Crippen molar-refractivity contribution in [2.45, 2.75) is 12.3 Å². The van der Waals surface area contributed by atoms with Gasteiger partial charge >= 0.3 is 0 Å². The minimum atomic E-state index is -0.564. The summed E-state index contributed by atoms with van der Waals surface area (Å²) in [5.41, 5.74) is 0.0532. The number of nitrogens with zero attached hydrogens (tertiary/aromatic N) is 1. The molecule has 0 spiro atoms. The molecule has 146 valence electrons. The van der Waals surface area contributed by atoms with Crippen LogP contribution < -0.4 is 15.6 Å². The average Bonchev–Trinajstić information content (AvgIpc) is 3.36. The maximum Gasteiger partial charge on any atom is 0.268 e. The Morgan fingerprint density at radius 1 is 1.43 bits per heavy atom. The highest BCUT2D eigenvalue weighted by Gasteiger charge is 2.26. The van der Waals surface area contributed by atoms with Crippen molar-refractivity contribution in [3.8, 4) is 5.88 Å². The summed E-state index contributed by atoms with van der Waals surface area (Å²) in [6.07, 6.45) is 3.45. The number of hydrogen-bond acceptors (Lipinski definition) is 6. The van der Waals surface area contributed by atoms with Crippen LogP contribution in [0.4, 0.5) is 5.69 Å². The molecule has 3 aromatic rings. The van der Waals surface area contributed by atoms with Gasteiger partial charge in [0.2, 0.25) is 0 Å². The third-order valence-electron chi connectivity index (χ3n) is 4.54. The highest BCUT2D eigenvalue weighted by Crippen LogP contribution is 2.36. The molecule has 0 bridgehead atoms. The monoisotopic (exact) mass is 423 g/mol. The lowest BCUT2D eigenvalue weighted by Gasteiger charge is -2.09. The maximum atomic E-state index is 12.9. The fraction of sp³-hybridized carbons (Fsp3) is 0.278. The smallest absolute Gasteiger partial charge is 0.268 e. The van der Waals surface area contributed by atoms with E-state index in [1.807, 2.05) is 0 Å². The van der Waals surface area contributed by atoms with Gasteiger partial charge in [0.1, 0.15) is 10.8 Å². The lowest BCUT2D eigenvalue weighted by molar-refractivity contribution is 0.102. The molecule has 1 fully saturated rings. The van der Waals surface area contributed by atoms with Crippen molar-refractivity contribution in [2.75, 3.05) is 25.6 Å². The number of nitrogens with one attached hydrogen (secondary N) is 2. The van der Waals surface area contributed by atoms with Crippen molar-refractivity contribution < 1.29 is 18.7 Å². The zero-order chi connectivity index (χ0) is 19.8. The number of rotatable bonds is 4. The second-order valence-corrected chi connectivity index (χ2v) is 7.03. The number of aromatic amines is 1. The molecule has 0 aromatic carbocycles. The van der Waals surface area contributed by atoms with Crippen LogP contribution in [0, 0.1) is 0 Å². The Kier molecular flexibility index (Phi) is 5.01. The van der Waals surface area contributed by atoms with Gasteiger partial charge in [-0.25, -0.2) is 4.98 Å². The van der Waals surface area contributed by atoms with Gasteiger partial charge in [-0.05, 0) is 12.5 Å². The maximum absolute atomic E-state index is 12.9. The molecule has 1 saturated heterocycles. The number of methoxy groups -OCH3 is 1. The second kappa shape index (κ2) is 7.46. The van der Waals surface area contributed by atoms with E-state index in [1.54, 1.807) is 6.07 Å². The first-order valence-corrected chi connectivity index (χ1v) is 9.17. The largest absolute Gasteiger partial charge is 0.478 e. The van der Waals surface area contributed by atoms with Crippen molar-refractivity contribution >= 4 is 45.8 Å². The Bertz CT molecular complexity index is 1120. The van der Waals surface area contributed by atoms with Gasteiger partial charge in [0.25, 0.3) is 17.3 Å². The Balaban J connectivity index is 1.77. The molecule has 3 aromatic heterocycles. The fourth-order valence-electron chi connectivity index (χ4n) is 3.09. The van der Waals surface area contributed by atoms with Crippen molar-refractivity contribution in [3.63, 3.8) is 0 Å². The molecule has 10 heteroatoms. The van der Waals surface area contributed by atoms with Gasteiger partial charge in [-0.15, -0.1) is 0 Å². The summed E-state index contributed by atoms with van der Waals surface area (Å²) in [5.74, 6) is 0.526. The van der Waals surface area contributed by atoms with Crippen molar-refractivity contribution in [3.05, 3.63) is 50.2 Å². The number of carbonyl (C=O) groups excluding carboxylic acids is 1. The Hall–Kier alpha value is -2.55. The van der Waals surface area contributed by atoms with Crippen LogP contribution in [0.15, 0.2) is 27.7 Å². The van der Waals surface area contributed by atoms with Crippen LogP contribution in [-0.4, -0.2) is 36.2 Å². The van der Waals surface area contributed by atoms with E-state index in [-0.39, 0.29) is 33.1 Å². The highest BCUT2D eigenvalue weighted by molar-refractivity contribution is 6.39. The van der Waals surface area contributed by atoms with E-state index < -0.39 is 11.5 Å². The summed E-state index contributed by atoms with van der Waals surface area (Å²) < 4.78 is 16.6. The highest BCUT2D eigenvalue weighted by atomic mass is 35.5. The summed E-state index contributed by atoms with van der Waals surface area (Å²) in [6.45, 7) is 1.21. The number of halogens is 2. The van der Waals surface area contributed by atoms with Crippen molar-refractivity contribution in [1.82, 2.24) is 9.97 Å². The molecule has 0 saturated carbocycles. The number of carbonyl (C=O) groups is 1. The second-order valence-electron chi connectivity index (χ2n) is 6.24. The number of aromatic nitrogens is 2. The lowest BCUT2D eigenvalue weighted by atomic mass is 10.1. The third kappa shape index (κ3) is 3.23. The van der Waals surface area contributed by atoms with Crippen LogP contribution in [0.5, 0.6) is 5.88 Å². The van der Waals surface area contributed by atoms with Crippen LogP contribution in [0.1, 0.15) is 28.5 Å². The summed E-state index contributed by atoms with van der Waals surface area (Å²) >= 11 is 12.0. The summed E-state index contributed by atoms with van der Waals surface area (Å²) in [5, 5.41) is 2.99. The van der Waals surface area contributed by atoms with E-state index in [0.717, 1.165) is 6.42 Å². The van der Waals surface area contributed by atoms with Gasteiger partial charge in [-0.2, -0.15) is 0 Å². The molecule has 0 radical (unpaired) electrons. The first kappa shape index (κ1) is 18.8. The standard InChI is InChI=1S/C18H15Cl2N3O5/c1-26-18-15-9(4-12(28-15)8-2-3-27-7-8)10(5-22-18)16(24)23-14-11(19)6-21-17(25)13(14)20/h4-6,8H,2-3,7H2,1H3,(H2,21,23,24,25). The van der Waals surface area contributed by atoms with Crippen molar-refractivity contribution in [1.29, 1.82) is 0 Å². The first-order chi connectivity index (χ1) is 13.5. The summed E-state index contributed by atoms with van der Waals surface area (Å²) in [6, 6.07) is 1.79. The number of pyridine rings is 2. The number of ether oxygens (including phenoxy) is 2. The molecule has 1 atom stereocenters. The van der Waals surface area contributed by atoms with E-state index in [1.165, 1.54) is 19.5 Å². The first-order valence-electron chi connectivity index (χ1n) is 8.41. The quantitative estimate of drug-likeness (QED) is 0.663. The minimum Gasteiger partial charge on any atom is -0.478 e. The Morgan fingerprint density at radius 2 is 2.25 bits per heavy atom. The molecule has 1 aliphatic rings. The Labute approximate surface area is 168 Å². The number of furan rings is 1. The van der Waals surface area contributed by atoms with Gasteiger partial charge in [0.05, 0.1) is 30.0 Å². The van der Waals surface area contributed by atoms with Crippen molar-refractivity contribution in [2.24, 2.45) is 0 Å². The number of fused-ring (bicyclic) bond motifs is 1. The molecule has 28 heavy (non-hydrogen) atoms. The van der Waals surface area contributed by atoms with Crippen LogP contribution in [0.3, 0.4) is 0 Å². The molecule has 1 unspecified atom stereocenters. The molecular formula is C18H15Cl2N3O5. The van der Waals surface area contributed by atoms with E-state index >= 15 is 0 Å². The molecule has 1 aliphatic heterocycles. The predicted molar refractivity (Wildman–Crippen MR) is 104 cm³/mol. The number of amides is 1. The molecule has 1 amide bonds. The van der Waals surface area contributed by atoms with Gasteiger partial charge in [-0.1, -0.05) is 23.2 Å². The van der Waals surface area contributed by atoms with Gasteiger partial charge in [-0.3, -0.25) is 9.59 Å². The lowest BCUT2D eigenvalue weighted by Crippen LogP contribution is -2.17. The van der Waals surface area contributed by atoms with Crippen LogP contribution in [0.25, 0.3) is 11.0 Å². The topological polar surface area (TPSA) is 106 Å². The van der Waals surface area contributed by atoms with E-state index in [9.17, 15) is 9.59 Å². The minimum absolute atomic E-state index is 0.0222. The van der Waals surface area contributed by atoms with E-state index in [2.05, 4.69) is 15.3 Å². The molecule has 4 heterocycles. The average molecular weight is 424 g/mol. The number of hydrogen-bond donors (Lipinski definition) is 2. The summed E-state index contributed by atoms with van der Waals surface area (Å²) in [4.78, 5) is 31.1. The van der Waals surface area contributed by atoms with E-state index in [4.69, 9.17) is 37.1 Å².